The molecule has 0 saturated heterocycles. The number of benzene rings is 2. The number of nitrogens with one attached hydrogen (secondary N) is 2. The first kappa shape index (κ1) is 20.1. The molecule has 2 amide bonds. The number of para-hydroxylation sites is 1. The average molecular weight is 389 g/mol. The van der Waals surface area contributed by atoms with Crippen molar-refractivity contribution in [3.05, 3.63) is 89.6 Å². The summed E-state index contributed by atoms with van der Waals surface area (Å²) < 4.78 is 5.42. The number of aromatic nitrogens is 1. The molecule has 0 bridgehead atoms. The zero-order valence-electron chi connectivity index (χ0n) is 16.4. The minimum atomic E-state index is -0.391. The third-order valence-corrected chi connectivity index (χ3v) is 4.36. The van der Waals surface area contributed by atoms with Gasteiger partial charge in [-0.15, -0.1) is 0 Å². The van der Waals surface area contributed by atoms with Crippen molar-refractivity contribution in [3.63, 3.8) is 0 Å². The molecule has 3 aromatic rings. The van der Waals surface area contributed by atoms with Gasteiger partial charge in [-0.3, -0.25) is 9.59 Å². The topological polar surface area (TPSA) is 80.3 Å². The van der Waals surface area contributed by atoms with Crippen LogP contribution in [0, 0.1) is 0 Å². The molecule has 6 heteroatoms. The Morgan fingerprint density at radius 2 is 1.62 bits per heavy atom. The second-order valence-electron chi connectivity index (χ2n) is 6.39. The number of amides is 2. The molecule has 0 aliphatic rings. The van der Waals surface area contributed by atoms with E-state index in [4.69, 9.17) is 4.74 Å². The number of carbonyl (C=O) groups excluding carboxylic acids is 2. The van der Waals surface area contributed by atoms with Gasteiger partial charge in [0.25, 0.3) is 11.8 Å². The van der Waals surface area contributed by atoms with Crippen LogP contribution >= 0.6 is 0 Å². The summed E-state index contributed by atoms with van der Waals surface area (Å²) in [4.78, 5) is 29.7. The van der Waals surface area contributed by atoms with Gasteiger partial charge in [0.1, 0.15) is 5.56 Å². The molecule has 3 rings (SSSR count). The van der Waals surface area contributed by atoms with Crippen molar-refractivity contribution < 1.29 is 14.3 Å². The smallest absolute Gasteiger partial charge is 0.261 e. The van der Waals surface area contributed by atoms with E-state index in [0.29, 0.717) is 23.4 Å². The highest BCUT2D eigenvalue weighted by Gasteiger charge is 2.18. The van der Waals surface area contributed by atoms with Gasteiger partial charge in [0.15, 0.2) is 0 Å². The van der Waals surface area contributed by atoms with E-state index in [1.807, 2.05) is 44.2 Å². The van der Waals surface area contributed by atoms with Gasteiger partial charge in [0.2, 0.25) is 5.88 Å². The Bertz CT molecular complexity index is 989. The van der Waals surface area contributed by atoms with E-state index in [-0.39, 0.29) is 17.8 Å². The average Bonchev–Trinajstić information content (AvgIpc) is 2.75. The van der Waals surface area contributed by atoms with Crippen LogP contribution in [0.2, 0.25) is 0 Å². The van der Waals surface area contributed by atoms with E-state index in [1.54, 1.807) is 42.6 Å². The van der Waals surface area contributed by atoms with Gasteiger partial charge in [-0.1, -0.05) is 42.5 Å². The van der Waals surface area contributed by atoms with Gasteiger partial charge >= 0.3 is 0 Å². The van der Waals surface area contributed by atoms with E-state index >= 15 is 0 Å². The lowest BCUT2D eigenvalue weighted by Crippen LogP contribution is -2.28. The molecule has 1 unspecified atom stereocenters. The van der Waals surface area contributed by atoms with Crippen LogP contribution in [-0.4, -0.2) is 23.4 Å². The first-order valence-electron chi connectivity index (χ1n) is 9.44. The molecule has 2 aromatic carbocycles. The lowest BCUT2D eigenvalue weighted by Gasteiger charge is -2.16. The molecule has 0 aliphatic carbocycles. The maximum Gasteiger partial charge on any atom is 0.261 e. The molecule has 0 saturated carbocycles. The summed E-state index contributed by atoms with van der Waals surface area (Å²) in [6.07, 6.45) is 1.56. The van der Waals surface area contributed by atoms with Gasteiger partial charge in [-0.2, -0.15) is 0 Å². The van der Waals surface area contributed by atoms with Crippen LogP contribution in [0.25, 0.3) is 0 Å². The molecule has 1 heterocycles. The van der Waals surface area contributed by atoms with E-state index < -0.39 is 5.91 Å². The zero-order valence-corrected chi connectivity index (χ0v) is 16.4. The molecule has 0 radical (unpaired) electrons. The van der Waals surface area contributed by atoms with Crippen LogP contribution < -0.4 is 15.4 Å². The summed E-state index contributed by atoms with van der Waals surface area (Å²) in [5.41, 5.74) is 2.10. The standard InChI is InChI=1S/C23H23N3O3/c1-3-29-23-19(13-9-15-24-23)22(28)26-20-14-8-7-12-18(20)21(27)25-16(2)17-10-5-4-6-11-17/h4-16H,3H2,1-2H3,(H,25,27)(H,26,28). The van der Waals surface area contributed by atoms with Crippen LogP contribution in [0.5, 0.6) is 5.88 Å². The number of anilines is 1. The van der Waals surface area contributed by atoms with E-state index in [1.165, 1.54) is 0 Å². The van der Waals surface area contributed by atoms with E-state index in [2.05, 4.69) is 15.6 Å². The van der Waals surface area contributed by atoms with Crippen LogP contribution in [-0.2, 0) is 0 Å². The largest absolute Gasteiger partial charge is 0.477 e. The number of rotatable bonds is 7. The minimum Gasteiger partial charge on any atom is -0.477 e. The van der Waals surface area contributed by atoms with Crippen LogP contribution in [0.3, 0.4) is 0 Å². The van der Waals surface area contributed by atoms with Gasteiger partial charge in [-0.25, -0.2) is 4.98 Å². The Balaban J connectivity index is 1.78. The zero-order chi connectivity index (χ0) is 20.6. The summed E-state index contributed by atoms with van der Waals surface area (Å²) in [5, 5.41) is 5.77. The SMILES string of the molecule is CCOc1ncccc1C(=O)Nc1ccccc1C(=O)NC(C)c1ccccc1. The van der Waals surface area contributed by atoms with Gasteiger partial charge in [-0.05, 0) is 43.7 Å². The van der Waals surface area contributed by atoms with Gasteiger partial charge in [0, 0.05) is 6.20 Å². The number of ether oxygens (including phenoxy) is 1. The van der Waals surface area contributed by atoms with E-state index in [0.717, 1.165) is 5.56 Å². The van der Waals surface area contributed by atoms with Crippen molar-refractivity contribution in [1.82, 2.24) is 10.3 Å². The molecule has 0 spiro atoms. The lowest BCUT2D eigenvalue weighted by molar-refractivity contribution is 0.0940. The normalized spacial score (nSPS) is 11.4. The van der Waals surface area contributed by atoms with Crippen LogP contribution in [0.1, 0.15) is 46.2 Å². The van der Waals surface area contributed by atoms with E-state index in [9.17, 15) is 9.59 Å². The molecule has 29 heavy (non-hydrogen) atoms. The molecule has 148 valence electrons. The summed E-state index contributed by atoms with van der Waals surface area (Å²) in [6.45, 7) is 4.13. The summed E-state index contributed by atoms with van der Waals surface area (Å²) in [6, 6.07) is 19.7. The van der Waals surface area contributed by atoms with Crippen molar-refractivity contribution in [2.24, 2.45) is 0 Å². The third-order valence-electron chi connectivity index (χ3n) is 4.36. The summed E-state index contributed by atoms with van der Waals surface area (Å²) >= 11 is 0. The molecule has 1 aromatic heterocycles. The number of hydrogen-bond acceptors (Lipinski definition) is 4. The van der Waals surface area contributed by atoms with Crippen molar-refractivity contribution in [1.29, 1.82) is 0 Å². The number of hydrogen-bond donors (Lipinski definition) is 2. The monoisotopic (exact) mass is 389 g/mol. The Morgan fingerprint density at radius 3 is 2.38 bits per heavy atom. The van der Waals surface area contributed by atoms with Crippen molar-refractivity contribution >= 4 is 17.5 Å². The molecule has 1 atom stereocenters. The Hall–Kier alpha value is -3.67. The predicted octanol–water partition coefficient (Wildman–Crippen LogP) is 4.22. The quantitative estimate of drug-likeness (QED) is 0.634. The maximum absolute atomic E-state index is 12.8. The third kappa shape index (κ3) is 4.99. The van der Waals surface area contributed by atoms with Crippen molar-refractivity contribution in [2.75, 3.05) is 11.9 Å². The highest BCUT2D eigenvalue weighted by Crippen LogP contribution is 2.21. The lowest BCUT2D eigenvalue weighted by atomic mass is 10.1. The summed E-state index contributed by atoms with van der Waals surface area (Å²) in [7, 11) is 0. The van der Waals surface area contributed by atoms with Gasteiger partial charge < -0.3 is 15.4 Å². The second-order valence-corrected chi connectivity index (χ2v) is 6.39. The first-order valence-corrected chi connectivity index (χ1v) is 9.44. The van der Waals surface area contributed by atoms with Crippen LogP contribution in [0.15, 0.2) is 72.9 Å². The van der Waals surface area contributed by atoms with Crippen LogP contribution in [0.4, 0.5) is 5.69 Å². The Morgan fingerprint density at radius 1 is 0.931 bits per heavy atom. The highest BCUT2D eigenvalue weighted by molar-refractivity contribution is 6.10. The molecule has 0 aliphatic heterocycles. The van der Waals surface area contributed by atoms with Crippen molar-refractivity contribution in [3.8, 4) is 5.88 Å². The molecule has 0 fully saturated rings. The molecular formula is C23H23N3O3. The second kappa shape index (κ2) is 9.50. The predicted molar refractivity (Wildman–Crippen MR) is 112 cm³/mol. The number of nitrogens with zero attached hydrogens (tertiary/aromatic N) is 1. The number of carbonyl (C=O) groups is 2. The Labute approximate surface area is 169 Å². The molecular weight excluding hydrogens is 366 g/mol. The fourth-order valence-electron chi connectivity index (χ4n) is 2.89. The number of pyridine rings is 1. The minimum absolute atomic E-state index is 0.171. The summed E-state index contributed by atoms with van der Waals surface area (Å²) in [5.74, 6) is -0.404. The molecule has 2 N–H and O–H groups in total. The highest BCUT2D eigenvalue weighted by atomic mass is 16.5. The maximum atomic E-state index is 12.8. The Kier molecular flexibility index (Phi) is 6.58. The van der Waals surface area contributed by atoms with Gasteiger partial charge in [0.05, 0.1) is 23.9 Å². The van der Waals surface area contributed by atoms with Crippen molar-refractivity contribution in [2.45, 2.75) is 19.9 Å². The first-order chi connectivity index (χ1) is 14.1. The molecule has 6 nitrogen and oxygen atoms in total. The fraction of sp³-hybridized carbons (Fsp3) is 0.174. The fourth-order valence-corrected chi connectivity index (χ4v) is 2.89.